The Hall–Kier alpha value is -2.80. The first-order valence-electron chi connectivity index (χ1n) is 6.95. The quantitative estimate of drug-likeness (QED) is 0.611. The fourth-order valence-corrected chi connectivity index (χ4v) is 2.08. The van der Waals surface area contributed by atoms with E-state index in [0.29, 0.717) is 35.5 Å². The second kappa shape index (κ2) is 6.31. The molecule has 0 spiro atoms. The van der Waals surface area contributed by atoms with Crippen LogP contribution in [0.5, 0.6) is 0 Å². The van der Waals surface area contributed by atoms with Gasteiger partial charge in [-0.05, 0) is 6.42 Å². The van der Waals surface area contributed by atoms with Crippen LogP contribution in [0.2, 0.25) is 0 Å². The molecule has 0 aliphatic rings. The van der Waals surface area contributed by atoms with Crippen molar-refractivity contribution in [2.75, 3.05) is 18.5 Å². The summed E-state index contributed by atoms with van der Waals surface area (Å²) < 4.78 is 0. The van der Waals surface area contributed by atoms with Crippen molar-refractivity contribution in [1.29, 1.82) is 0 Å². The molecule has 0 bridgehead atoms. The number of fused-ring (bicyclic) bond motifs is 1. The number of aliphatic hydroxyl groups excluding tert-OH is 1. The van der Waals surface area contributed by atoms with Crippen molar-refractivity contribution in [3.8, 4) is 11.4 Å². The lowest BCUT2D eigenvalue weighted by atomic mass is 10.2. The Balaban J connectivity index is 2.08. The number of anilines is 1. The molecule has 3 N–H and O–H groups in total. The van der Waals surface area contributed by atoms with E-state index in [2.05, 4.69) is 25.5 Å². The summed E-state index contributed by atoms with van der Waals surface area (Å²) in [5.74, 6) is 1.01. The molecule has 0 saturated heterocycles. The van der Waals surface area contributed by atoms with Crippen LogP contribution in [0, 0.1) is 0 Å². The van der Waals surface area contributed by atoms with Crippen LogP contribution in [0.4, 0.5) is 5.82 Å². The zero-order chi connectivity index (χ0) is 15.4. The third-order valence-corrected chi connectivity index (χ3v) is 3.19. The predicted molar refractivity (Wildman–Crippen MR) is 83.6 cm³/mol. The highest BCUT2D eigenvalue weighted by atomic mass is 16.3. The number of aromatic nitrogens is 4. The number of H-pyrrole nitrogens is 1. The molecular weight excluding hydrogens is 282 g/mol. The smallest absolute Gasteiger partial charge is 0.275 e. The van der Waals surface area contributed by atoms with E-state index in [1.807, 2.05) is 30.3 Å². The number of aliphatic hydroxyl groups is 1. The summed E-state index contributed by atoms with van der Waals surface area (Å²) in [5, 5.41) is 18.7. The molecule has 7 nitrogen and oxygen atoms in total. The molecule has 112 valence electrons. The molecule has 0 saturated carbocycles. The first kappa shape index (κ1) is 14.2. The lowest BCUT2D eigenvalue weighted by molar-refractivity contribution is 0.292. The molecule has 22 heavy (non-hydrogen) atoms. The van der Waals surface area contributed by atoms with Gasteiger partial charge in [-0.2, -0.15) is 5.10 Å². The van der Waals surface area contributed by atoms with Crippen LogP contribution in [-0.4, -0.2) is 38.4 Å². The van der Waals surface area contributed by atoms with Crippen LogP contribution >= 0.6 is 0 Å². The molecule has 3 aromatic rings. The molecule has 0 unspecified atom stereocenters. The van der Waals surface area contributed by atoms with E-state index in [-0.39, 0.29) is 12.2 Å². The van der Waals surface area contributed by atoms with Crippen molar-refractivity contribution < 1.29 is 5.11 Å². The summed E-state index contributed by atoms with van der Waals surface area (Å²) in [6, 6.07) is 9.53. The number of benzene rings is 1. The van der Waals surface area contributed by atoms with Crippen molar-refractivity contribution >= 4 is 16.7 Å². The van der Waals surface area contributed by atoms with Gasteiger partial charge in [0.25, 0.3) is 5.56 Å². The molecule has 0 fully saturated rings. The Morgan fingerprint density at radius 1 is 1.23 bits per heavy atom. The highest BCUT2D eigenvalue weighted by Gasteiger charge is 2.10. The molecule has 7 heteroatoms. The largest absolute Gasteiger partial charge is 0.396 e. The normalized spacial score (nSPS) is 10.8. The second-order valence-electron chi connectivity index (χ2n) is 4.73. The van der Waals surface area contributed by atoms with Gasteiger partial charge in [-0.1, -0.05) is 30.3 Å². The van der Waals surface area contributed by atoms with Gasteiger partial charge in [0.2, 0.25) is 0 Å². The molecular formula is C15H15N5O2. The van der Waals surface area contributed by atoms with Gasteiger partial charge in [0.15, 0.2) is 11.6 Å². The molecule has 2 heterocycles. The summed E-state index contributed by atoms with van der Waals surface area (Å²) in [7, 11) is 0. The van der Waals surface area contributed by atoms with Crippen molar-refractivity contribution in [2.24, 2.45) is 0 Å². The molecule has 2 aromatic heterocycles. The minimum absolute atomic E-state index is 0.0819. The fourth-order valence-electron chi connectivity index (χ4n) is 2.08. The van der Waals surface area contributed by atoms with Gasteiger partial charge in [-0.15, -0.1) is 0 Å². The van der Waals surface area contributed by atoms with E-state index in [1.165, 1.54) is 6.20 Å². The Morgan fingerprint density at radius 3 is 2.82 bits per heavy atom. The van der Waals surface area contributed by atoms with E-state index in [4.69, 9.17) is 5.11 Å². The van der Waals surface area contributed by atoms with E-state index in [9.17, 15) is 4.79 Å². The second-order valence-corrected chi connectivity index (χ2v) is 4.73. The lowest BCUT2D eigenvalue weighted by Crippen LogP contribution is -2.14. The highest BCUT2D eigenvalue weighted by molar-refractivity contribution is 5.87. The van der Waals surface area contributed by atoms with Crippen molar-refractivity contribution in [2.45, 2.75) is 6.42 Å². The zero-order valence-electron chi connectivity index (χ0n) is 11.8. The van der Waals surface area contributed by atoms with Crippen molar-refractivity contribution in [3.05, 3.63) is 46.9 Å². The maximum absolute atomic E-state index is 11.8. The number of rotatable bonds is 5. The standard InChI is InChI=1S/C15H15N5O2/c21-8-4-7-16-14-12-11(15(22)20-19-14)9-17-13(18-12)10-5-2-1-3-6-10/h1-3,5-6,9,21H,4,7-8H2,(H,16,19)(H,20,22). The molecule has 0 amide bonds. The third-order valence-electron chi connectivity index (χ3n) is 3.19. The Kier molecular flexibility index (Phi) is 4.06. The fraction of sp³-hybridized carbons (Fsp3) is 0.200. The van der Waals surface area contributed by atoms with Crippen LogP contribution in [0.15, 0.2) is 41.3 Å². The third kappa shape index (κ3) is 2.79. The van der Waals surface area contributed by atoms with Crippen LogP contribution in [-0.2, 0) is 0 Å². The van der Waals surface area contributed by atoms with Gasteiger partial charge in [0.05, 0.1) is 5.39 Å². The summed E-state index contributed by atoms with van der Waals surface area (Å²) in [5.41, 5.74) is 1.00. The van der Waals surface area contributed by atoms with Gasteiger partial charge >= 0.3 is 0 Å². The number of hydrogen-bond donors (Lipinski definition) is 3. The van der Waals surface area contributed by atoms with Crippen molar-refractivity contribution in [1.82, 2.24) is 20.2 Å². The molecule has 0 aliphatic heterocycles. The van der Waals surface area contributed by atoms with Crippen LogP contribution in [0.3, 0.4) is 0 Å². The Bertz CT molecular complexity index is 832. The topological polar surface area (TPSA) is 104 Å². The Labute approximate surface area is 126 Å². The first-order chi connectivity index (χ1) is 10.8. The van der Waals surface area contributed by atoms with Crippen LogP contribution < -0.4 is 10.9 Å². The predicted octanol–water partition coefficient (Wildman–Crippen LogP) is 1.17. The van der Waals surface area contributed by atoms with E-state index < -0.39 is 0 Å². The maximum atomic E-state index is 11.8. The van der Waals surface area contributed by atoms with Crippen LogP contribution in [0.25, 0.3) is 22.3 Å². The van der Waals surface area contributed by atoms with E-state index in [0.717, 1.165) is 5.56 Å². The van der Waals surface area contributed by atoms with Gasteiger partial charge in [0.1, 0.15) is 5.52 Å². The highest BCUT2D eigenvalue weighted by Crippen LogP contribution is 2.19. The lowest BCUT2D eigenvalue weighted by Gasteiger charge is -2.07. The molecule has 0 radical (unpaired) electrons. The number of hydrogen-bond acceptors (Lipinski definition) is 6. The number of aromatic amines is 1. The molecule has 0 aliphatic carbocycles. The molecule has 1 aromatic carbocycles. The van der Waals surface area contributed by atoms with Crippen molar-refractivity contribution in [3.63, 3.8) is 0 Å². The average molecular weight is 297 g/mol. The van der Waals surface area contributed by atoms with Gasteiger partial charge in [0, 0.05) is 24.9 Å². The number of nitrogens with one attached hydrogen (secondary N) is 2. The summed E-state index contributed by atoms with van der Waals surface area (Å²) in [6.45, 7) is 0.619. The van der Waals surface area contributed by atoms with Crippen LogP contribution in [0.1, 0.15) is 6.42 Å². The van der Waals surface area contributed by atoms with Gasteiger partial charge in [-0.25, -0.2) is 15.1 Å². The minimum atomic E-state index is -0.331. The Morgan fingerprint density at radius 2 is 2.05 bits per heavy atom. The minimum Gasteiger partial charge on any atom is -0.396 e. The summed E-state index contributed by atoms with van der Waals surface area (Å²) in [4.78, 5) is 20.6. The van der Waals surface area contributed by atoms with E-state index >= 15 is 0 Å². The van der Waals surface area contributed by atoms with E-state index in [1.54, 1.807) is 0 Å². The molecule has 3 rings (SSSR count). The SMILES string of the molecule is O=c1[nH]nc(NCCCO)c2nc(-c3ccccc3)ncc12. The summed E-state index contributed by atoms with van der Waals surface area (Å²) in [6.07, 6.45) is 2.08. The molecule has 0 atom stereocenters. The number of nitrogens with zero attached hydrogens (tertiary/aromatic N) is 3. The zero-order valence-corrected chi connectivity index (χ0v) is 11.8. The average Bonchev–Trinajstić information content (AvgIpc) is 2.58. The first-order valence-corrected chi connectivity index (χ1v) is 6.95. The van der Waals surface area contributed by atoms with Gasteiger partial charge in [-0.3, -0.25) is 4.79 Å². The monoisotopic (exact) mass is 297 g/mol. The van der Waals surface area contributed by atoms with Gasteiger partial charge < -0.3 is 10.4 Å². The summed E-state index contributed by atoms with van der Waals surface area (Å²) >= 11 is 0. The maximum Gasteiger partial charge on any atom is 0.275 e.